The predicted molar refractivity (Wildman–Crippen MR) is 73.2 cm³/mol. The Kier molecular flexibility index (Phi) is 4.66. The SMILES string of the molecule is CCCc1ccc(Oc2nnc(CNC)s2)cc1. The topological polar surface area (TPSA) is 47.0 Å². The highest BCUT2D eigenvalue weighted by molar-refractivity contribution is 7.13. The molecule has 2 rings (SSSR count). The summed E-state index contributed by atoms with van der Waals surface area (Å²) >= 11 is 1.46. The minimum Gasteiger partial charge on any atom is -0.430 e. The second-order valence-electron chi connectivity index (χ2n) is 3.99. The Labute approximate surface area is 111 Å². The summed E-state index contributed by atoms with van der Waals surface area (Å²) in [5, 5.41) is 12.6. The van der Waals surface area contributed by atoms with Gasteiger partial charge in [0.05, 0.1) is 0 Å². The van der Waals surface area contributed by atoms with Gasteiger partial charge in [-0.2, -0.15) is 0 Å². The van der Waals surface area contributed by atoms with Gasteiger partial charge in [0.1, 0.15) is 10.8 Å². The van der Waals surface area contributed by atoms with E-state index in [1.165, 1.54) is 16.9 Å². The van der Waals surface area contributed by atoms with Crippen LogP contribution in [0.1, 0.15) is 23.9 Å². The van der Waals surface area contributed by atoms with Crippen molar-refractivity contribution >= 4 is 11.3 Å². The summed E-state index contributed by atoms with van der Waals surface area (Å²) in [5.74, 6) is 0.807. The number of hydrogen-bond acceptors (Lipinski definition) is 5. The van der Waals surface area contributed by atoms with Gasteiger partial charge in [0.15, 0.2) is 0 Å². The predicted octanol–water partition coefficient (Wildman–Crippen LogP) is 3.00. The summed E-state index contributed by atoms with van der Waals surface area (Å²) in [6.45, 7) is 2.89. The molecule has 4 nitrogen and oxygen atoms in total. The molecule has 0 saturated heterocycles. The van der Waals surface area contributed by atoms with Crippen LogP contribution in [-0.2, 0) is 13.0 Å². The molecule has 5 heteroatoms. The molecule has 0 atom stereocenters. The van der Waals surface area contributed by atoms with Crippen LogP contribution in [0.5, 0.6) is 10.9 Å². The van der Waals surface area contributed by atoms with E-state index in [0.29, 0.717) is 5.19 Å². The largest absolute Gasteiger partial charge is 0.430 e. The van der Waals surface area contributed by atoms with Gasteiger partial charge in [-0.25, -0.2) is 0 Å². The molecule has 0 saturated carbocycles. The van der Waals surface area contributed by atoms with Gasteiger partial charge in [-0.3, -0.25) is 0 Å². The number of hydrogen-bond donors (Lipinski definition) is 1. The number of aromatic nitrogens is 2. The molecule has 1 heterocycles. The molecule has 0 bridgehead atoms. The standard InChI is InChI=1S/C13H17N3OS/c1-3-4-10-5-7-11(8-6-10)17-13-16-15-12(18-13)9-14-2/h5-8,14H,3-4,9H2,1-2H3. The fourth-order valence-electron chi connectivity index (χ4n) is 1.62. The number of benzene rings is 1. The highest BCUT2D eigenvalue weighted by Gasteiger charge is 2.05. The van der Waals surface area contributed by atoms with Crippen molar-refractivity contribution < 1.29 is 4.74 Å². The van der Waals surface area contributed by atoms with Gasteiger partial charge < -0.3 is 10.1 Å². The molecule has 2 aromatic rings. The molecular weight excluding hydrogens is 246 g/mol. The van der Waals surface area contributed by atoms with Crippen molar-refractivity contribution in [1.82, 2.24) is 15.5 Å². The van der Waals surface area contributed by atoms with Crippen molar-refractivity contribution in [2.24, 2.45) is 0 Å². The number of nitrogens with one attached hydrogen (secondary N) is 1. The highest BCUT2D eigenvalue weighted by atomic mass is 32.1. The Morgan fingerprint density at radius 2 is 2.00 bits per heavy atom. The lowest BCUT2D eigenvalue weighted by Crippen LogP contribution is -2.04. The van der Waals surface area contributed by atoms with Crippen LogP contribution in [0.3, 0.4) is 0 Å². The molecule has 0 spiro atoms. The second-order valence-corrected chi connectivity index (χ2v) is 5.01. The molecule has 0 aliphatic rings. The Morgan fingerprint density at radius 1 is 1.22 bits per heavy atom. The third-order valence-electron chi connectivity index (χ3n) is 2.44. The van der Waals surface area contributed by atoms with Crippen molar-refractivity contribution in [3.05, 3.63) is 34.8 Å². The number of ether oxygens (including phenoxy) is 1. The number of aryl methyl sites for hydroxylation is 1. The van der Waals surface area contributed by atoms with Gasteiger partial charge in [-0.05, 0) is 31.2 Å². The lowest BCUT2D eigenvalue weighted by Gasteiger charge is -2.02. The lowest BCUT2D eigenvalue weighted by atomic mass is 10.1. The first-order chi connectivity index (χ1) is 8.81. The van der Waals surface area contributed by atoms with Crippen LogP contribution < -0.4 is 10.1 Å². The number of rotatable bonds is 6. The smallest absolute Gasteiger partial charge is 0.299 e. The van der Waals surface area contributed by atoms with Crippen molar-refractivity contribution in [2.45, 2.75) is 26.3 Å². The van der Waals surface area contributed by atoms with Gasteiger partial charge in [0.2, 0.25) is 0 Å². The summed E-state index contributed by atoms with van der Waals surface area (Å²) in [7, 11) is 1.88. The average molecular weight is 263 g/mol. The Balaban J connectivity index is 1.99. The quantitative estimate of drug-likeness (QED) is 0.870. The monoisotopic (exact) mass is 263 g/mol. The van der Waals surface area contributed by atoms with Crippen molar-refractivity contribution in [3.8, 4) is 10.9 Å². The maximum absolute atomic E-state index is 5.66. The molecule has 18 heavy (non-hydrogen) atoms. The zero-order valence-corrected chi connectivity index (χ0v) is 11.5. The van der Waals surface area contributed by atoms with Crippen LogP contribution in [0.15, 0.2) is 24.3 Å². The van der Waals surface area contributed by atoms with Crippen LogP contribution >= 0.6 is 11.3 Å². The van der Waals surface area contributed by atoms with Crippen LogP contribution in [0.4, 0.5) is 0 Å². The van der Waals surface area contributed by atoms with Gasteiger partial charge in [-0.15, -0.1) is 5.10 Å². The molecule has 96 valence electrons. The maximum atomic E-state index is 5.66. The first-order valence-corrected chi connectivity index (χ1v) is 6.87. The third kappa shape index (κ3) is 3.51. The van der Waals surface area contributed by atoms with Gasteiger partial charge in [0.25, 0.3) is 5.19 Å². The molecule has 0 fully saturated rings. The Morgan fingerprint density at radius 3 is 2.67 bits per heavy atom. The fourth-order valence-corrected chi connectivity index (χ4v) is 2.34. The van der Waals surface area contributed by atoms with Crippen molar-refractivity contribution in [2.75, 3.05) is 7.05 Å². The van der Waals surface area contributed by atoms with E-state index in [1.54, 1.807) is 0 Å². The van der Waals surface area contributed by atoms with Crippen LogP contribution in [-0.4, -0.2) is 17.2 Å². The van der Waals surface area contributed by atoms with Crippen molar-refractivity contribution in [3.63, 3.8) is 0 Å². The van der Waals surface area contributed by atoms with Crippen molar-refractivity contribution in [1.29, 1.82) is 0 Å². The summed E-state index contributed by atoms with van der Waals surface area (Å²) in [6.07, 6.45) is 2.26. The molecule has 0 radical (unpaired) electrons. The lowest BCUT2D eigenvalue weighted by molar-refractivity contribution is 0.472. The van der Waals surface area contributed by atoms with E-state index in [1.807, 2.05) is 19.2 Å². The summed E-state index contributed by atoms with van der Waals surface area (Å²) in [4.78, 5) is 0. The zero-order chi connectivity index (χ0) is 12.8. The second kappa shape index (κ2) is 6.47. The van der Waals surface area contributed by atoms with E-state index in [-0.39, 0.29) is 0 Å². The van der Waals surface area contributed by atoms with E-state index in [2.05, 4.69) is 34.6 Å². The molecule has 0 amide bonds. The first-order valence-electron chi connectivity index (χ1n) is 6.05. The third-order valence-corrected chi connectivity index (χ3v) is 3.24. The maximum Gasteiger partial charge on any atom is 0.299 e. The minimum atomic E-state index is 0.587. The van der Waals surface area contributed by atoms with E-state index in [4.69, 9.17) is 4.74 Å². The molecule has 1 N–H and O–H groups in total. The normalized spacial score (nSPS) is 10.6. The highest BCUT2D eigenvalue weighted by Crippen LogP contribution is 2.25. The summed E-state index contributed by atoms with van der Waals surface area (Å²) in [5.41, 5.74) is 1.33. The van der Waals surface area contributed by atoms with E-state index >= 15 is 0 Å². The van der Waals surface area contributed by atoms with Gasteiger partial charge in [0, 0.05) is 6.54 Å². The van der Waals surface area contributed by atoms with E-state index in [0.717, 1.165) is 30.1 Å². The molecule has 1 aromatic carbocycles. The zero-order valence-electron chi connectivity index (χ0n) is 10.6. The van der Waals surface area contributed by atoms with Crippen LogP contribution in [0.25, 0.3) is 0 Å². The first kappa shape index (κ1) is 13.0. The molecular formula is C13H17N3OS. The average Bonchev–Trinajstić information content (AvgIpc) is 2.80. The van der Waals surface area contributed by atoms with Gasteiger partial charge >= 0.3 is 0 Å². The Hall–Kier alpha value is -1.46. The molecule has 0 unspecified atom stereocenters. The van der Waals surface area contributed by atoms with E-state index in [9.17, 15) is 0 Å². The van der Waals surface area contributed by atoms with Gasteiger partial charge in [-0.1, -0.05) is 41.9 Å². The van der Waals surface area contributed by atoms with Crippen LogP contribution in [0, 0.1) is 0 Å². The fraction of sp³-hybridized carbons (Fsp3) is 0.385. The molecule has 1 aromatic heterocycles. The summed E-state index contributed by atoms with van der Waals surface area (Å²) in [6, 6.07) is 8.14. The van der Waals surface area contributed by atoms with Crippen LogP contribution in [0.2, 0.25) is 0 Å². The molecule has 0 aliphatic heterocycles. The van der Waals surface area contributed by atoms with E-state index < -0.39 is 0 Å². The number of nitrogens with zero attached hydrogens (tertiary/aromatic N) is 2. The Bertz CT molecular complexity index is 481. The summed E-state index contributed by atoms with van der Waals surface area (Å²) < 4.78 is 5.66. The minimum absolute atomic E-state index is 0.587. The molecule has 0 aliphatic carbocycles.